The predicted molar refractivity (Wildman–Crippen MR) is 99.5 cm³/mol. The third-order valence-electron chi connectivity index (χ3n) is 3.86. The Morgan fingerprint density at radius 3 is 1.80 bits per heavy atom. The molecule has 2 aromatic rings. The molecule has 0 aliphatic rings. The third-order valence-corrected chi connectivity index (χ3v) is 3.86. The van der Waals surface area contributed by atoms with Crippen LogP contribution >= 0.6 is 0 Å². The Bertz CT molecular complexity index is 1060. The van der Waals surface area contributed by atoms with E-state index in [0.29, 0.717) is 0 Å². The quantitative estimate of drug-likeness (QED) is 0.250. The van der Waals surface area contributed by atoms with Crippen molar-refractivity contribution in [2.45, 2.75) is 13.1 Å². The Hall–Kier alpha value is -4.48. The lowest BCUT2D eigenvalue weighted by molar-refractivity contribution is -0.384. The van der Waals surface area contributed by atoms with Gasteiger partial charge in [0.05, 0.1) is 33.3 Å². The first-order valence-electron chi connectivity index (χ1n) is 8.21. The number of amides is 2. The summed E-state index contributed by atoms with van der Waals surface area (Å²) < 4.78 is 0. The molecule has 0 radical (unpaired) electrons. The zero-order valence-corrected chi connectivity index (χ0v) is 15.3. The summed E-state index contributed by atoms with van der Waals surface area (Å²) in [7, 11) is 0. The second kappa shape index (κ2) is 8.68. The van der Waals surface area contributed by atoms with Crippen LogP contribution in [0.3, 0.4) is 0 Å². The first kappa shape index (κ1) is 21.8. The number of phenolic OH excluding ortho intramolecular Hbond substituents is 1. The van der Waals surface area contributed by atoms with Crippen LogP contribution in [0.5, 0.6) is 5.75 Å². The van der Waals surface area contributed by atoms with Gasteiger partial charge < -0.3 is 26.0 Å². The lowest BCUT2D eigenvalue weighted by Crippen LogP contribution is -2.46. The Morgan fingerprint density at radius 2 is 1.33 bits per heavy atom. The highest BCUT2D eigenvalue weighted by Gasteiger charge is 2.23. The van der Waals surface area contributed by atoms with Crippen LogP contribution in [0.15, 0.2) is 36.4 Å². The number of non-ortho nitro benzene ring substituents is 1. The summed E-state index contributed by atoms with van der Waals surface area (Å²) >= 11 is 0. The molecule has 156 valence electrons. The van der Waals surface area contributed by atoms with Gasteiger partial charge in [0, 0.05) is 12.1 Å². The van der Waals surface area contributed by atoms with Gasteiger partial charge >= 0.3 is 11.9 Å². The molecule has 12 heteroatoms. The van der Waals surface area contributed by atoms with Gasteiger partial charge in [0.2, 0.25) is 0 Å². The molecule has 12 nitrogen and oxygen atoms in total. The number of nitro benzene ring substituents is 1. The number of hydrogen-bond donors (Lipinski definition) is 5. The van der Waals surface area contributed by atoms with Crippen molar-refractivity contribution in [3.8, 4) is 5.75 Å². The minimum atomic E-state index is -1.56. The van der Waals surface area contributed by atoms with Crippen molar-refractivity contribution in [2.24, 2.45) is 0 Å². The number of phenols is 1. The first-order chi connectivity index (χ1) is 14.0. The number of benzene rings is 2. The number of nitrogens with zero attached hydrogens (tertiary/aromatic N) is 1. The number of carboxylic acids is 2. The zero-order chi connectivity index (χ0) is 22.6. The van der Waals surface area contributed by atoms with Gasteiger partial charge in [0.25, 0.3) is 17.5 Å². The lowest BCUT2D eigenvalue weighted by atomic mass is 10.1. The molecular formula is C18H15N3O9. The largest absolute Gasteiger partial charge is 0.508 e. The fourth-order valence-corrected chi connectivity index (χ4v) is 2.51. The Labute approximate surface area is 167 Å². The summed E-state index contributed by atoms with van der Waals surface area (Å²) in [5, 5.41) is 43.1. The number of carbonyl (C=O) groups excluding carboxylic acids is 2. The minimum absolute atomic E-state index is 0.275. The molecular weight excluding hydrogens is 402 g/mol. The molecule has 0 fully saturated rings. The van der Waals surface area contributed by atoms with Crippen molar-refractivity contribution in [3.05, 3.63) is 68.8 Å². The molecule has 2 amide bonds. The number of hydrogen-bond acceptors (Lipinski definition) is 7. The standard InChI is InChI=1S/C18H15N3O9/c1-8(20-16(24)12-5-3-10(22)7-14(12)18(27)28)19-15(23)11-4-2-9(21(29)30)6-13(11)17(25)26/h2-8,22H,1H3,(H,19,23)(H,20,24)(H,25,26)(H,27,28). The first-order valence-corrected chi connectivity index (χ1v) is 8.21. The molecule has 0 saturated carbocycles. The van der Waals surface area contributed by atoms with E-state index >= 15 is 0 Å². The third kappa shape index (κ3) is 4.86. The Kier molecular flexibility index (Phi) is 6.32. The van der Waals surface area contributed by atoms with Gasteiger partial charge in [-0.1, -0.05) is 0 Å². The zero-order valence-electron chi connectivity index (χ0n) is 15.3. The predicted octanol–water partition coefficient (Wildman–Crippen LogP) is 1.20. The Balaban J connectivity index is 2.19. The van der Waals surface area contributed by atoms with Crippen molar-refractivity contribution in [3.63, 3.8) is 0 Å². The van der Waals surface area contributed by atoms with E-state index in [4.69, 9.17) is 5.11 Å². The number of carbonyl (C=O) groups is 4. The summed E-state index contributed by atoms with van der Waals surface area (Å²) in [6, 6.07) is 5.74. The second-order valence-electron chi connectivity index (χ2n) is 6.00. The van der Waals surface area contributed by atoms with Crippen LogP contribution in [-0.2, 0) is 0 Å². The van der Waals surface area contributed by atoms with E-state index in [1.165, 1.54) is 6.92 Å². The van der Waals surface area contributed by atoms with Crippen LogP contribution in [-0.4, -0.2) is 50.2 Å². The lowest BCUT2D eigenvalue weighted by Gasteiger charge is -2.17. The van der Waals surface area contributed by atoms with Gasteiger partial charge in [0.15, 0.2) is 0 Å². The van der Waals surface area contributed by atoms with Gasteiger partial charge in [-0.25, -0.2) is 9.59 Å². The van der Waals surface area contributed by atoms with Crippen LogP contribution in [0.2, 0.25) is 0 Å². The van der Waals surface area contributed by atoms with Gasteiger partial charge in [-0.15, -0.1) is 0 Å². The molecule has 0 bridgehead atoms. The van der Waals surface area contributed by atoms with Gasteiger partial charge in [-0.3, -0.25) is 19.7 Å². The van der Waals surface area contributed by atoms with Crippen molar-refractivity contribution >= 4 is 29.4 Å². The minimum Gasteiger partial charge on any atom is -0.508 e. The average Bonchev–Trinajstić information content (AvgIpc) is 2.66. The van der Waals surface area contributed by atoms with Crippen LogP contribution in [0.1, 0.15) is 48.4 Å². The second-order valence-corrected chi connectivity index (χ2v) is 6.00. The highest BCUT2D eigenvalue weighted by molar-refractivity contribution is 6.07. The van der Waals surface area contributed by atoms with E-state index in [1.54, 1.807) is 0 Å². The summed E-state index contributed by atoms with van der Waals surface area (Å²) in [6.45, 7) is 1.34. The van der Waals surface area contributed by atoms with E-state index in [9.17, 15) is 39.5 Å². The normalized spacial score (nSPS) is 11.2. The maximum Gasteiger partial charge on any atom is 0.336 e. The number of aromatic hydroxyl groups is 1. The van der Waals surface area contributed by atoms with Crippen LogP contribution in [0, 0.1) is 10.1 Å². The topological polar surface area (TPSA) is 196 Å². The van der Waals surface area contributed by atoms with E-state index < -0.39 is 51.7 Å². The fraction of sp³-hybridized carbons (Fsp3) is 0.111. The molecule has 0 heterocycles. The highest BCUT2D eigenvalue weighted by atomic mass is 16.6. The molecule has 0 aliphatic carbocycles. The summed E-state index contributed by atoms with van der Waals surface area (Å²) in [5.74, 6) is -5.17. The molecule has 0 saturated heterocycles. The molecule has 30 heavy (non-hydrogen) atoms. The number of nitrogens with one attached hydrogen (secondary N) is 2. The monoisotopic (exact) mass is 417 g/mol. The fourth-order valence-electron chi connectivity index (χ4n) is 2.51. The molecule has 0 aliphatic heterocycles. The van der Waals surface area contributed by atoms with Crippen molar-refractivity contribution in [1.82, 2.24) is 10.6 Å². The summed E-state index contributed by atoms with van der Waals surface area (Å²) in [6.07, 6.45) is -1.07. The summed E-state index contributed by atoms with van der Waals surface area (Å²) in [5.41, 5.74) is -2.23. The molecule has 2 rings (SSSR count). The highest BCUT2D eigenvalue weighted by Crippen LogP contribution is 2.19. The molecule has 0 spiro atoms. The number of aromatic carboxylic acids is 2. The van der Waals surface area contributed by atoms with Crippen LogP contribution < -0.4 is 10.6 Å². The molecule has 0 aromatic heterocycles. The number of nitro groups is 1. The Morgan fingerprint density at radius 1 is 0.867 bits per heavy atom. The molecule has 2 aromatic carbocycles. The van der Waals surface area contributed by atoms with Crippen LogP contribution in [0.25, 0.3) is 0 Å². The van der Waals surface area contributed by atoms with Crippen molar-refractivity contribution in [1.29, 1.82) is 0 Å². The number of rotatable bonds is 7. The number of carboxylic acid groups (broad SMARTS) is 2. The van der Waals surface area contributed by atoms with E-state index in [1.807, 2.05) is 0 Å². The van der Waals surface area contributed by atoms with Gasteiger partial charge in [-0.05, 0) is 31.2 Å². The SMILES string of the molecule is CC(NC(=O)c1ccc(O)cc1C(=O)O)NC(=O)c1ccc([N+](=O)[O-])cc1C(=O)O. The van der Waals surface area contributed by atoms with Crippen LogP contribution in [0.4, 0.5) is 5.69 Å². The van der Waals surface area contributed by atoms with E-state index in [-0.39, 0.29) is 16.9 Å². The molecule has 5 N–H and O–H groups in total. The smallest absolute Gasteiger partial charge is 0.336 e. The van der Waals surface area contributed by atoms with E-state index in [2.05, 4.69) is 10.6 Å². The average molecular weight is 417 g/mol. The van der Waals surface area contributed by atoms with Crippen molar-refractivity contribution < 1.29 is 39.4 Å². The van der Waals surface area contributed by atoms with Gasteiger partial charge in [0.1, 0.15) is 5.75 Å². The van der Waals surface area contributed by atoms with Gasteiger partial charge in [-0.2, -0.15) is 0 Å². The molecule has 1 unspecified atom stereocenters. The van der Waals surface area contributed by atoms with Crippen molar-refractivity contribution in [2.75, 3.05) is 0 Å². The molecule has 1 atom stereocenters. The maximum atomic E-state index is 12.4. The summed E-state index contributed by atoms with van der Waals surface area (Å²) in [4.78, 5) is 57.3. The van der Waals surface area contributed by atoms with E-state index in [0.717, 1.165) is 36.4 Å². The maximum absolute atomic E-state index is 12.4.